The molecule has 0 aliphatic heterocycles. The molecule has 0 aliphatic carbocycles. The van der Waals surface area contributed by atoms with Crippen molar-refractivity contribution in [2.24, 2.45) is 0 Å². The maximum Gasteiger partial charge on any atom is 0.286 e. The quantitative estimate of drug-likeness (QED) is 0.752. The van der Waals surface area contributed by atoms with Gasteiger partial charge in [-0.25, -0.2) is 4.98 Å². The molecule has 0 bridgehead atoms. The Bertz CT molecular complexity index is 804. The molecule has 1 amide bonds. The van der Waals surface area contributed by atoms with Gasteiger partial charge in [0.05, 0.1) is 19.1 Å². The lowest BCUT2D eigenvalue weighted by Crippen LogP contribution is -2.25. The minimum atomic E-state index is -0.239. The Hall–Kier alpha value is -3.02. The van der Waals surface area contributed by atoms with Crippen molar-refractivity contribution in [1.82, 2.24) is 10.3 Å². The highest BCUT2D eigenvalue weighted by Crippen LogP contribution is 2.24. The van der Waals surface area contributed by atoms with Crippen LogP contribution in [0.5, 0.6) is 5.75 Å². The van der Waals surface area contributed by atoms with Crippen molar-refractivity contribution in [3.63, 3.8) is 0 Å². The van der Waals surface area contributed by atoms with Gasteiger partial charge < -0.3 is 18.9 Å². The van der Waals surface area contributed by atoms with Gasteiger partial charge in [0.25, 0.3) is 5.91 Å². The van der Waals surface area contributed by atoms with Crippen LogP contribution in [-0.2, 0) is 6.42 Å². The molecule has 1 aromatic carbocycles. The maximum absolute atomic E-state index is 11.8. The maximum atomic E-state index is 11.8. The topological polar surface area (TPSA) is 77.5 Å². The smallest absolute Gasteiger partial charge is 0.286 e. The molecule has 6 heteroatoms. The van der Waals surface area contributed by atoms with E-state index in [0.29, 0.717) is 24.6 Å². The SMILES string of the molecule is COc1ccc(-c2nc(CCNC(=O)c3ccco3)c(C)o2)cc1. The van der Waals surface area contributed by atoms with E-state index in [9.17, 15) is 4.79 Å². The third-order valence-corrected chi connectivity index (χ3v) is 3.62. The number of aromatic nitrogens is 1. The van der Waals surface area contributed by atoms with E-state index < -0.39 is 0 Å². The van der Waals surface area contributed by atoms with Crippen LogP contribution < -0.4 is 10.1 Å². The number of benzene rings is 1. The lowest BCUT2D eigenvalue weighted by Gasteiger charge is -2.01. The Morgan fingerprint density at radius 1 is 1.25 bits per heavy atom. The zero-order valence-corrected chi connectivity index (χ0v) is 13.5. The second kappa shape index (κ2) is 7.04. The van der Waals surface area contributed by atoms with Crippen molar-refractivity contribution in [1.29, 1.82) is 0 Å². The highest BCUT2D eigenvalue weighted by Gasteiger charge is 2.13. The minimum absolute atomic E-state index is 0.239. The van der Waals surface area contributed by atoms with E-state index in [1.807, 2.05) is 31.2 Å². The number of furan rings is 1. The number of nitrogens with one attached hydrogen (secondary N) is 1. The number of rotatable bonds is 6. The number of hydrogen-bond donors (Lipinski definition) is 1. The molecule has 0 radical (unpaired) electrons. The molecule has 24 heavy (non-hydrogen) atoms. The first kappa shape index (κ1) is 15.9. The molecule has 0 spiro atoms. The van der Waals surface area contributed by atoms with Gasteiger partial charge in [-0.15, -0.1) is 0 Å². The molecule has 124 valence electrons. The van der Waals surface area contributed by atoms with E-state index in [-0.39, 0.29) is 5.91 Å². The molecule has 0 saturated carbocycles. The summed E-state index contributed by atoms with van der Waals surface area (Å²) in [4.78, 5) is 16.3. The third-order valence-electron chi connectivity index (χ3n) is 3.62. The van der Waals surface area contributed by atoms with Gasteiger partial charge in [0.2, 0.25) is 5.89 Å². The van der Waals surface area contributed by atoms with Gasteiger partial charge in [-0.2, -0.15) is 0 Å². The zero-order valence-electron chi connectivity index (χ0n) is 13.5. The van der Waals surface area contributed by atoms with Crippen molar-refractivity contribution >= 4 is 5.91 Å². The molecular formula is C18H18N2O4. The number of hydrogen-bond acceptors (Lipinski definition) is 5. The number of ether oxygens (including phenoxy) is 1. The highest BCUT2D eigenvalue weighted by atomic mass is 16.5. The van der Waals surface area contributed by atoms with Gasteiger partial charge >= 0.3 is 0 Å². The minimum Gasteiger partial charge on any atom is -0.497 e. The fraction of sp³-hybridized carbons (Fsp3) is 0.222. The number of aryl methyl sites for hydroxylation is 1. The van der Waals surface area contributed by atoms with E-state index in [1.165, 1.54) is 6.26 Å². The second-order valence-electron chi connectivity index (χ2n) is 5.23. The predicted octanol–water partition coefficient (Wildman–Crippen LogP) is 3.22. The molecule has 0 atom stereocenters. The molecule has 0 saturated heterocycles. The van der Waals surface area contributed by atoms with Crippen molar-refractivity contribution in [2.75, 3.05) is 13.7 Å². The summed E-state index contributed by atoms with van der Waals surface area (Å²) in [6.45, 7) is 2.32. The molecule has 3 aromatic rings. The summed E-state index contributed by atoms with van der Waals surface area (Å²) in [5.74, 6) is 2.14. The van der Waals surface area contributed by atoms with Crippen LogP contribution in [0.2, 0.25) is 0 Å². The Labute approximate surface area is 139 Å². The van der Waals surface area contributed by atoms with Gasteiger partial charge in [0.15, 0.2) is 5.76 Å². The van der Waals surface area contributed by atoms with Crippen molar-refractivity contribution in [2.45, 2.75) is 13.3 Å². The average molecular weight is 326 g/mol. The highest BCUT2D eigenvalue weighted by molar-refractivity contribution is 5.91. The molecule has 2 aromatic heterocycles. The third kappa shape index (κ3) is 3.48. The number of oxazole rings is 1. The summed E-state index contributed by atoms with van der Waals surface area (Å²) in [7, 11) is 1.62. The summed E-state index contributed by atoms with van der Waals surface area (Å²) < 4.78 is 15.9. The molecule has 0 fully saturated rings. The van der Waals surface area contributed by atoms with Crippen molar-refractivity contribution < 1.29 is 18.4 Å². The molecule has 2 heterocycles. The lowest BCUT2D eigenvalue weighted by molar-refractivity contribution is 0.0926. The van der Waals surface area contributed by atoms with Crippen LogP contribution in [-0.4, -0.2) is 24.5 Å². The van der Waals surface area contributed by atoms with E-state index in [0.717, 1.165) is 22.8 Å². The fourth-order valence-corrected chi connectivity index (χ4v) is 2.31. The number of carbonyl (C=O) groups is 1. The number of methoxy groups -OCH3 is 1. The summed E-state index contributed by atoms with van der Waals surface area (Å²) >= 11 is 0. The molecule has 3 rings (SSSR count). The summed E-state index contributed by atoms with van der Waals surface area (Å²) in [6.07, 6.45) is 2.05. The Kier molecular flexibility index (Phi) is 4.65. The van der Waals surface area contributed by atoms with Crippen molar-refractivity contribution in [3.05, 3.63) is 59.9 Å². The number of nitrogens with zero attached hydrogens (tertiary/aromatic N) is 1. The molecule has 1 N–H and O–H groups in total. The standard InChI is InChI=1S/C18H18N2O4/c1-12-15(9-10-19-17(21)16-4-3-11-23-16)20-18(24-12)13-5-7-14(22-2)8-6-13/h3-8,11H,9-10H2,1-2H3,(H,19,21). The Morgan fingerprint density at radius 2 is 2.04 bits per heavy atom. The van der Waals surface area contributed by atoms with Crippen LogP contribution in [0.25, 0.3) is 11.5 Å². The van der Waals surface area contributed by atoms with E-state index in [4.69, 9.17) is 13.6 Å². The van der Waals surface area contributed by atoms with Crippen LogP contribution in [0.1, 0.15) is 22.0 Å². The summed E-state index contributed by atoms with van der Waals surface area (Å²) in [5, 5.41) is 2.79. The van der Waals surface area contributed by atoms with Crippen LogP contribution in [0.3, 0.4) is 0 Å². The van der Waals surface area contributed by atoms with Crippen LogP contribution >= 0.6 is 0 Å². The summed E-state index contributed by atoms with van der Waals surface area (Å²) in [5.41, 5.74) is 1.70. The fourth-order valence-electron chi connectivity index (χ4n) is 2.31. The second-order valence-corrected chi connectivity index (χ2v) is 5.23. The van der Waals surface area contributed by atoms with Crippen LogP contribution in [0.4, 0.5) is 0 Å². The van der Waals surface area contributed by atoms with Gasteiger partial charge in [-0.05, 0) is 43.3 Å². The van der Waals surface area contributed by atoms with Crippen LogP contribution in [0.15, 0.2) is 51.5 Å². The van der Waals surface area contributed by atoms with E-state index in [2.05, 4.69) is 10.3 Å². The van der Waals surface area contributed by atoms with Gasteiger partial charge in [-0.1, -0.05) is 0 Å². The monoisotopic (exact) mass is 326 g/mol. The first-order chi connectivity index (χ1) is 11.7. The van der Waals surface area contributed by atoms with Crippen molar-refractivity contribution in [3.8, 4) is 17.2 Å². The molecule has 0 aliphatic rings. The van der Waals surface area contributed by atoms with Gasteiger partial charge in [0, 0.05) is 18.5 Å². The number of carbonyl (C=O) groups excluding carboxylic acids is 1. The van der Waals surface area contributed by atoms with Gasteiger partial charge in [-0.3, -0.25) is 4.79 Å². The van der Waals surface area contributed by atoms with E-state index in [1.54, 1.807) is 19.2 Å². The van der Waals surface area contributed by atoms with Crippen LogP contribution in [0, 0.1) is 6.92 Å². The Balaban J connectivity index is 1.62. The molecule has 0 unspecified atom stereocenters. The normalized spacial score (nSPS) is 10.6. The predicted molar refractivity (Wildman–Crippen MR) is 88.0 cm³/mol. The average Bonchev–Trinajstić information content (AvgIpc) is 3.25. The number of amides is 1. The Morgan fingerprint density at radius 3 is 2.71 bits per heavy atom. The molecule has 6 nitrogen and oxygen atoms in total. The lowest BCUT2D eigenvalue weighted by atomic mass is 10.2. The largest absolute Gasteiger partial charge is 0.497 e. The summed E-state index contributed by atoms with van der Waals surface area (Å²) in [6, 6.07) is 10.8. The zero-order chi connectivity index (χ0) is 16.9. The van der Waals surface area contributed by atoms with E-state index >= 15 is 0 Å². The first-order valence-corrected chi connectivity index (χ1v) is 7.60. The van der Waals surface area contributed by atoms with Gasteiger partial charge in [0.1, 0.15) is 11.5 Å². The molecular weight excluding hydrogens is 308 g/mol. The first-order valence-electron chi connectivity index (χ1n) is 7.60.